The summed E-state index contributed by atoms with van der Waals surface area (Å²) in [5, 5.41) is 4.29. The molecule has 0 aliphatic heterocycles. The van der Waals surface area contributed by atoms with Gasteiger partial charge in [-0.25, -0.2) is 4.79 Å². The van der Waals surface area contributed by atoms with E-state index in [4.69, 9.17) is 9.15 Å². The van der Waals surface area contributed by atoms with E-state index in [0.29, 0.717) is 34.5 Å². The molecule has 1 amide bonds. The summed E-state index contributed by atoms with van der Waals surface area (Å²) in [4.78, 5) is 29.2. The number of carbonyl (C=O) groups is 1. The molecule has 2 heterocycles. The molecule has 1 N–H and O–H groups in total. The Morgan fingerprint density at radius 3 is 2.85 bits per heavy atom. The molecule has 0 radical (unpaired) electrons. The average molecular weight is 360 g/mol. The zero-order chi connectivity index (χ0) is 18.8. The third-order valence-electron chi connectivity index (χ3n) is 4.15. The fourth-order valence-corrected chi connectivity index (χ4v) is 2.98. The van der Waals surface area contributed by atoms with Gasteiger partial charge in [0.15, 0.2) is 0 Å². The Bertz CT molecular complexity index is 1210. The van der Waals surface area contributed by atoms with Gasteiger partial charge in [0.1, 0.15) is 11.3 Å². The van der Waals surface area contributed by atoms with Crippen molar-refractivity contribution in [3.8, 4) is 5.75 Å². The number of hydrogen-bond donors (Lipinski definition) is 1. The minimum atomic E-state index is -0.600. The number of nitrogens with one attached hydrogen (secondary N) is 1. The van der Waals surface area contributed by atoms with E-state index in [1.807, 2.05) is 31.2 Å². The maximum atomic E-state index is 12.9. The van der Waals surface area contributed by atoms with Gasteiger partial charge in [-0.15, -0.1) is 0 Å². The normalized spacial score (nSPS) is 10.9. The van der Waals surface area contributed by atoms with Crippen molar-refractivity contribution in [1.82, 2.24) is 4.98 Å². The van der Waals surface area contributed by atoms with E-state index in [0.717, 1.165) is 5.39 Å². The van der Waals surface area contributed by atoms with Crippen molar-refractivity contribution in [1.29, 1.82) is 0 Å². The zero-order valence-corrected chi connectivity index (χ0v) is 14.6. The highest BCUT2D eigenvalue weighted by Gasteiger charge is 2.15. The van der Waals surface area contributed by atoms with Gasteiger partial charge in [-0.1, -0.05) is 18.2 Å². The molecule has 0 aliphatic carbocycles. The van der Waals surface area contributed by atoms with Crippen LogP contribution >= 0.6 is 0 Å². The van der Waals surface area contributed by atoms with Crippen LogP contribution < -0.4 is 15.7 Å². The number of aromatic nitrogens is 1. The van der Waals surface area contributed by atoms with Crippen LogP contribution in [-0.2, 0) is 0 Å². The molecule has 6 heteroatoms. The lowest BCUT2D eigenvalue weighted by molar-refractivity contribution is 0.102. The van der Waals surface area contributed by atoms with Crippen molar-refractivity contribution < 1.29 is 13.9 Å². The Morgan fingerprint density at radius 2 is 2.00 bits per heavy atom. The summed E-state index contributed by atoms with van der Waals surface area (Å²) in [6.07, 6.45) is 1.67. The summed E-state index contributed by atoms with van der Waals surface area (Å²) in [5.74, 6) is 0.166. The predicted molar refractivity (Wildman–Crippen MR) is 103 cm³/mol. The molecule has 2 aromatic carbocycles. The largest absolute Gasteiger partial charge is 0.494 e. The van der Waals surface area contributed by atoms with Gasteiger partial charge >= 0.3 is 5.63 Å². The minimum absolute atomic E-state index is 0.234. The number of ether oxygens (including phenoxy) is 1. The van der Waals surface area contributed by atoms with E-state index in [1.54, 1.807) is 30.5 Å². The number of carbonyl (C=O) groups excluding carboxylic acids is 1. The van der Waals surface area contributed by atoms with Gasteiger partial charge < -0.3 is 14.5 Å². The van der Waals surface area contributed by atoms with Crippen LogP contribution in [0.2, 0.25) is 0 Å². The van der Waals surface area contributed by atoms with E-state index in [2.05, 4.69) is 10.3 Å². The number of para-hydroxylation sites is 1. The summed E-state index contributed by atoms with van der Waals surface area (Å²) in [6.45, 7) is 2.35. The topological polar surface area (TPSA) is 81.4 Å². The van der Waals surface area contributed by atoms with Crippen LogP contribution in [-0.4, -0.2) is 17.5 Å². The van der Waals surface area contributed by atoms with Crippen molar-refractivity contribution in [3.63, 3.8) is 0 Å². The number of fused-ring (bicyclic) bond motifs is 2. The van der Waals surface area contributed by atoms with E-state index < -0.39 is 11.5 Å². The van der Waals surface area contributed by atoms with Crippen molar-refractivity contribution in [2.45, 2.75) is 6.92 Å². The minimum Gasteiger partial charge on any atom is -0.494 e. The van der Waals surface area contributed by atoms with E-state index >= 15 is 0 Å². The second-order valence-electron chi connectivity index (χ2n) is 5.90. The first-order valence-corrected chi connectivity index (χ1v) is 8.51. The second kappa shape index (κ2) is 6.92. The standard InChI is InChI=1S/C21H16N2O4/c1-2-26-14-8-9-15-16(12-19(24)27-18(15)11-14)21(25)23-17-7-3-5-13-6-4-10-22-20(13)17/h3-12H,2H2,1H3,(H,23,25). The predicted octanol–water partition coefficient (Wildman–Crippen LogP) is 3.99. The first kappa shape index (κ1) is 16.8. The molecular formula is C21H16N2O4. The molecule has 27 heavy (non-hydrogen) atoms. The van der Waals surface area contributed by atoms with Crippen molar-refractivity contribution >= 4 is 33.5 Å². The van der Waals surface area contributed by atoms with Crippen LogP contribution in [0.1, 0.15) is 17.3 Å². The van der Waals surface area contributed by atoms with Crippen LogP contribution in [0.5, 0.6) is 5.75 Å². The lowest BCUT2D eigenvalue weighted by atomic mass is 10.1. The SMILES string of the molecule is CCOc1ccc2c(C(=O)Nc3cccc4cccnc34)cc(=O)oc2c1. The maximum absolute atomic E-state index is 12.9. The van der Waals surface area contributed by atoms with Gasteiger partial charge in [-0.3, -0.25) is 9.78 Å². The number of hydrogen-bond acceptors (Lipinski definition) is 5. The first-order valence-electron chi connectivity index (χ1n) is 8.51. The van der Waals surface area contributed by atoms with Crippen LogP contribution in [0.15, 0.2) is 70.0 Å². The number of rotatable bonds is 4. The van der Waals surface area contributed by atoms with Gasteiger partial charge in [0, 0.05) is 29.1 Å². The molecule has 0 saturated carbocycles. The van der Waals surface area contributed by atoms with E-state index in [1.165, 1.54) is 6.07 Å². The highest BCUT2D eigenvalue weighted by Crippen LogP contribution is 2.25. The van der Waals surface area contributed by atoms with Crippen molar-refractivity contribution in [2.75, 3.05) is 11.9 Å². The van der Waals surface area contributed by atoms with Gasteiger partial charge in [0.05, 0.1) is 23.4 Å². The number of pyridine rings is 1. The highest BCUT2D eigenvalue weighted by atomic mass is 16.5. The Kier molecular flexibility index (Phi) is 4.30. The zero-order valence-electron chi connectivity index (χ0n) is 14.6. The lowest BCUT2D eigenvalue weighted by Crippen LogP contribution is -2.15. The smallest absolute Gasteiger partial charge is 0.337 e. The van der Waals surface area contributed by atoms with Crippen molar-refractivity contribution in [2.24, 2.45) is 0 Å². The molecule has 0 bridgehead atoms. The van der Waals surface area contributed by atoms with Gasteiger partial charge in [0.2, 0.25) is 0 Å². The van der Waals surface area contributed by atoms with E-state index in [9.17, 15) is 9.59 Å². The summed E-state index contributed by atoms with van der Waals surface area (Å²) < 4.78 is 10.7. The molecule has 134 valence electrons. The molecule has 6 nitrogen and oxygen atoms in total. The number of benzene rings is 2. The molecular weight excluding hydrogens is 344 g/mol. The monoisotopic (exact) mass is 360 g/mol. The number of anilines is 1. The highest BCUT2D eigenvalue weighted by molar-refractivity contribution is 6.14. The molecule has 0 atom stereocenters. The lowest BCUT2D eigenvalue weighted by Gasteiger charge is -2.10. The average Bonchev–Trinajstić information content (AvgIpc) is 2.67. The van der Waals surface area contributed by atoms with Crippen LogP contribution in [0.25, 0.3) is 21.9 Å². The fraction of sp³-hybridized carbons (Fsp3) is 0.0952. The van der Waals surface area contributed by atoms with Crippen molar-refractivity contribution in [3.05, 3.63) is 76.8 Å². The summed E-state index contributed by atoms with van der Waals surface area (Å²) >= 11 is 0. The van der Waals surface area contributed by atoms with Gasteiger partial charge in [-0.2, -0.15) is 0 Å². The molecule has 2 aromatic heterocycles. The first-order chi connectivity index (χ1) is 13.2. The molecule has 4 aromatic rings. The van der Waals surface area contributed by atoms with Gasteiger partial charge in [-0.05, 0) is 31.2 Å². The Labute approximate surface area is 154 Å². The fourth-order valence-electron chi connectivity index (χ4n) is 2.98. The quantitative estimate of drug-likeness (QED) is 0.557. The molecule has 0 saturated heterocycles. The molecule has 0 aliphatic rings. The Morgan fingerprint density at radius 1 is 1.15 bits per heavy atom. The van der Waals surface area contributed by atoms with Crippen LogP contribution in [0.4, 0.5) is 5.69 Å². The Balaban J connectivity index is 1.77. The second-order valence-corrected chi connectivity index (χ2v) is 5.90. The molecule has 4 rings (SSSR count). The molecule has 0 spiro atoms. The Hall–Kier alpha value is -3.67. The van der Waals surface area contributed by atoms with Crippen LogP contribution in [0, 0.1) is 0 Å². The summed E-state index contributed by atoms with van der Waals surface area (Å²) in [5.41, 5.74) is 1.19. The number of amides is 1. The summed E-state index contributed by atoms with van der Waals surface area (Å²) in [7, 11) is 0. The number of nitrogens with zero attached hydrogens (tertiary/aromatic N) is 1. The third kappa shape index (κ3) is 3.25. The van der Waals surface area contributed by atoms with Crippen LogP contribution in [0.3, 0.4) is 0 Å². The third-order valence-corrected chi connectivity index (χ3v) is 4.15. The summed E-state index contributed by atoms with van der Waals surface area (Å²) in [6, 6.07) is 15.5. The maximum Gasteiger partial charge on any atom is 0.337 e. The van der Waals surface area contributed by atoms with E-state index in [-0.39, 0.29) is 5.56 Å². The van der Waals surface area contributed by atoms with Gasteiger partial charge in [0.25, 0.3) is 5.91 Å². The molecule has 0 unspecified atom stereocenters. The molecule has 0 fully saturated rings.